The van der Waals surface area contributed by atoms with Crippen LogP contribution in [0.25, 0.3) is 0 Å². The number of nitrogens with one attached hydrogen (secondary N) is 2. The third-order valence-electron chi connectivity index (χ3n) is 3.85. The van der Waals surface area contributed by atoms with Crippen LogP contribution in [0.2, 0.25) is 0 Å². The van der Waals surface area contributed by atoms with E-state index in [9.17, 15) is 32.3 Å². The van der Waals surface area contributed by atoms with Crippen LogP contribution in [0.4, 0.5) is 23.7 Å². The fraction of sp³-hybridized carbons (Fsp3) is 0.375. The Morgan fingerprint density at radius 3 is 2.26 bits per heavy atom. The summed E-state index contributed by atoms with van der Waals surface area (Å²) < 4.78 is 38.9. The highest BCUT2D eigenvalue weighted by atomic mass is 19.4. The zero-order chi connectivity index (χ0) is 20.4. The summed E-state index contributed by atoms with van der Waals surface area (Å²) in [7, 11) is 1.47. The molecule has 1 atom stereocenters. The summed E-state index contributed by atoms with van der Waals surface area (Å²) in [6.45, 7) is 0.986. The fourth-order valence-corrected chi connectivity index (χ4v) is 2.60. The number of amides is 5. The number of benzene rings is 1. The molecular weight excluding hydrogens is 369 g/mol. The van der Waals surface area contributed by atoms with Crippen LogP contribution in [0.3, 0.4) is 0 Å². The van der Waals surface area contributed by atoms with E-state index in [4.69, 9.17) is 0 Å². The van der Waals surface area contributed by atoms with Gasteiger partial charge in [-0.05, 0) is 19.1 Å². The van der Waals surface area contributed by atoms with Crippen LogP contribution in [-0.2, 0) is 20.6 Å². The standard InChI is InChI=1S/C16H17F3N4O4/c1-3-22-13(25)14(26)23(15(22)27)9-21(2)8-12(24)20-11-7-5-4-6-10(11)16(17,18)19/h4-7H,3,8-9H2,1-2H3,(H,20,24)/p+1. The summed E-state index contributed by atoms with van der Waals surface area (Å²) in [5, 5.41) is 2.18. The van der Waals surface area contributed by atoms with Crippen molar-refractivity contribution in [3.8, 4) is 0 Å². The molecule has 0 spiro atoms. The zero-order valence-electron chi connectivity index (χ0n) is 14.6. The monoisotopic (exact) mass is 387 g/mol. The second-order valence-corrected chi connectivity index (χ2v) is 5.95. The Labute approximate surface area is 152 Å². The molecule has 11 heteroatoms. The average molecular weight is 387 g/mol. The minimum atomic E-state index is -4.62. The lowest BCUT2D eigenvalue weighted by Gasteiger charge is -2.20. The van der Waals surface area contributed by atoms with Crippen LogP contribution in [0, 0.1) is 0 Å². The molecule has 0 aliphatic carbocycles. The molecule has 1 saturated heterocycles. The molecule has 0 radical (unpaired) electrons. The number of nitrogens with zero attached hydrogens (tertiary/aromatic N) is 2. The number of likely N-dealkylation sites (N-methyl/N-ethyl adjacent to an activating group) is 2. The van der Waals surface area contributed by atoms with Crippen molar-refractivity contribution in [1.82, 2.24) is 9.80 Å². The van der Waals surface area contributed by atoms with Crippen LogP contribution in [0.15, 0.2) is 24.3 Å². The Hall–Kier alpha value is -2.95. The van der Waals surface area contributed by atoms with Crippen LogP contribution in [0.1, 0.15) is 12.5 Å². The third-order valence-corrected chi connectivity index (χ3v) is 3.85. The van der Waals surface area contributed by atoms with Gasteiger partial charge in [0.2, 0.25) is 0 Å². The second-order valence-electron chi connectivity index (χ2n) is 5.95. The van der Waals surface area contributed by atoms with Gasteiger partial charge in [-0.3, -0.25) is 19.3 Å². The van der Waals surface area contributed by atoms with Crippen molar-refractivity contribution in [3.05, 3.63) is 29.8 Å². The largest absolute Gasteiger partial charge is 0.418 e. The van der Waals surface area contributed by atoms with Gasteiger partial charge in [-0.25, -0.2) is 9.69 Å². The summed E-state index contributed by atoms with van der Waals surface area (Å²) in [6, 6.07) is 3.75. The first-order valence-electron chi connectivity index (χ1n) is 8.01. The molecule has 1 aromatic carbocycles. The molecule has 1 heterocycles. The van der Waals surface area contributed by atoms with Gasteiger partial charge < -0.3 is 10.2 Å². The second kappa shape index (κ2) is 7.74. The SMILES string of the molecule is CCN1C(=O)C(=O)N(C[NH+](C)CC(=O)Nc2ccccc2C(F)(F)F)C1=O. The number of halogens is 3. The fourth-order valence-electron chi connectivity index (χ4n) is 2.60. The highest BCUT2D eigenvalue weighted by Crippen LogP contribution is 2.34. The quantitative estimate of drug-likeness (QED) is 0.528. The Balaban J connectivity index is 2.00. The predicted molar refractivity (Wildman–Crippen MR) is 86.3 cm³/mol. The number of alkyl halides is 3. The highest BCUT2D eigenvalue weighted by molar-refractivity contribution is 6.44. The topological polar surface area (TPSA) is 91.2 Å². The molecule has 2 rings (SSSR count). The van der Waals surface area contributed by atoms with Crippen molar-refractivity contribution in [2.75, 3.05) is 32.1 Å². The minimum absolute atomic E-state index is 0.0354. The molecule has 0 saturated carbocycles. The van der Waals surface area contributed by atoms with Crippen molar-refractivity contribution >= 4 is 29.4 Å². The Bertz CT molecular complexity index is 781. The highest BCUT2D eigenvalue weighted by Gasteiger charge is 2.45. The smallest absolute Gasteiger partial charge is 0.321 e. The van der Waals surface area contributed by atoms with Gasteiger partial charge in [0.1, 0.15) is 0 Å². The van der Waals surface area contributed by atoms with E-state index in [0.29, 0.717) is 9.80 Å². The number of anilines is 1. The van der Waals surface area contributed by atoms with Gasteiger partial charge in [-0.1, -0.05) is 12.1 Å². The molecule has 1 aromatic rings. The molecule has 8 nitrogen and oxygen atoms in total. The maximum absolute atomic E-state index is 13.0. The molecule has 0 aromatic heterocycles. The number of hydrogen-bond acceptors (Lipinski definition) is 4. The third kappa shape index (κ3) is 4.42. The molecule has 146 valence electrons. The summed E-state index contributed by atoms with van der Waals surface area (Å²) >= 11 is 0. The molecule has 1 unspecified atom stereocenters. The normalized spacial score (nSPS) is 16.1. The van der Waals surface area contributed by atoms with Crippen molar-refractivity contribution < 1.29 is 37.2 Å². The van der Waals surface area contributed by atoms with Gasteiger partial charge in [-0.2, -0.15) is 13.2 Å². The lowest BCUT2D eigenvalue weighted by molar-refractivity contribution is -0.878. The lowest BCUT2D eigenvalue weighted by atomic mass is 10.1. The molecule has 1 aliphatic heterocycles. The van der Waals surface area contributed by atoms with Gasteiger partial charge in [0.05, 0.1) is 18.3 Å². The van der Waals surface area contributed by atoms with Crippen molar-refractivity contribution in [3.63, 3.8) is 0 Å². The van der Waals surface area contributed by atoms with Gasteiger partial charge in [0.15, 0.2) is 13.2 Å². The number of para-hydroxylation sites is 1. The van der Waals surface area contributed by atoms with Crippen LogP contribution in [0.5, 0.6) is 0 Å². The first kappa shape index (κ1) is 20.4. The molecular formula is C16H18F3N4O4+. The number of quaternary nitrogens is 1. The number of hydrogen-bond donors (Lipinski definition) is 2. The summed E-state index contributed by atoms with van der Waals surface area (Å²) in [5.74, 6) is -2.68. The van der Waals surface area contributed by atoms with E-state index < -0.39 is 35.5 Å². The molecule has 0 bridgehead atoms. The van der Waals surface area contributed by atoms with Crippen LogP contribution >= 0.6 is 0 Å². The lowest BCUT2D eigenvalue weighted by Crippen LogP contribution is -3.11. The molecule has 27 heavy (non-hydrogen) atoms. The van der Waals surface area contributed by atoms with Crippen LogP contribution in [-0.4, -0.2) is 60.4 Å². The van der Waals surface area contributed by atoms with E-state index in [0.717, 1.165) is 17.0 Å². The first-order valence-corrected chi connectivity index (χ1v) is 8.01. The molecule has 2 N–H and O–H groups in total. The van der Waals surface area contributed by atoms with E-state index in [1.54, 1.807) is 0 Å². The molecule has 5 amide bonds. The molecule has 1 aliphatic rings. The maximum atomic E-state index is 13.0. The van der Waals surface area contributed by atoms with Gasteiger partial charge >= 0.3 is 24.0 Å². The van der Waals surface area contributed by atoms with E-state index in [1.165, 1.54) is 26.1 Å². The van der Waals surface area contributed by atoms with Crippen molar-refractivity contribution in [1.29, 1.82) is 0 Å². The number of imide groups is 2. The first-order chi connectivity index (χ1) is 12.6. The van der Waals surface area contributed by atoms with Crippen molar-refractivity contribution in [2.24, 2.45) is 0 Å². The van der Waals surface area contributed by atoms with E-state index in [2.05, 4.69) is 5.32 Å². The number of carbonyl (C=O) groups excluding carboxylic acids is 4. The summed E-state index contributed by atoms with van der Waals surface area (Å²) in [6.07, 6.45) is -4.62. The zero-order valence-corrected chi connectivity index (χ0v) is 14.6. The number of rotatable bonds is 6. The van der Waals surface area contributed by atoms with Gasteiger partial charge in [-0.15, -0.1) is 0 Å². The minimum Gasteiger partial charge on any atom is -0.321 e. The average Bonchev–Trinajstić information content (AvgIpc) is 2.77. The predicted octanol–water partition coefficient (Wildman–Crippen LogP) is -0.0732. The summed E-state index contributed by atoms with van der Waals surface area (Å²) in [4.78, 5) is 49.4. The Kier molecular flexibility index (Phi) is 5.84. The van der Waals surface area contributed by atoms with E-state index in [1.807, 2.05) is 0 Å². The summed E-state index contributed by atoms with van der Waals surface area (Å²) in [5.41, 5.74) is -1.37. The van der Waals surface area contributed by atoms with Crippen LogP contribution < -0.4 is 10.2 Å². The van der Waals surface area contributed by atoms with E-state index in [-0.39, 0.29) is 25.4 Å². The Morgan fingerprint density at radius 2 is 1.70 bits per heavy atom. The number of carbonyl (C=O) groups is 4. The number of urea groups is 1. The van der Waals surface area contributed by atoms with Gasteiger partial charge in [0, 0.05) is 6.54 Å². The molecule has 1 fully saturated rings. The Morgan fingerprint density at radius 1 is 1.11 bits per heavy atom. The van der Waals surface area contributed by atoms with E-state index >= 15 is 0 Å². The van der Waals surface area contributed by atoms with Crippen molar-refractivity contribution in [2.45, 2.75) is 13.1 Å². The maximum Gasteiger partial charge on any atom is 0.418 e. The van der Waals surface area contributed by atoms with Gasteiger partial charge in [0.25, 0.3) is 5.91 Å².